The molecule has 0 saturated carbocycles. The quantitative estimate of drug-likeness (QED) is 0.633. The fourth-order valence-corrected chi connectivity index (χ4v) is 5.34. The number of phenols is 2. The van der Waals surface area contributed by atoms with Crippen molar-refractivity contribution >= 4 is 0 Å². The van der Waals surface area contributed by atoms with Crippen LogP contribution in [-0.2, 0) is 42.9 Å². The standard InChI is InChI=1S/C27H36O2/c1-26(2,3)22-13-16-9-7-11-18(16)20(24(22)28)15-21-19-12-8-10-17(19)14-23(25(21)29)27(4,5)6/h13-14,28-29H,7-12,15H2,1-6H3. The van der Waals surface area contributed by atoms with E-state index in [1.54, 1.807) is 0 Å². The number of benzene rings is 2. The highest BCUT2D eigenvalue weighted by Gasteiger charge is 2.30. The first-order chi connectivity index (χ1) is 13.5. The van der Waals surface area contributed by atoms with Crippen LogP contribution in [0.1, 0.15) is 98.9 Å². The fourth-order valence-electron chi connectivity index (χ4n) is 5.34. The highest BCUT2D eigenvalue weighted by molar-refractivity contribution is 5.60. The van der Waals surface area contributed by atoms with Gasteiger partial charge in [0, 0.05) is 17.5 Å². The number of phenolic OH excluding ortho intramolecular Hbond substituents is 2. The third-order valence-corrected chi connectivity index (χ3v) is 6.94. The molecule has 0 radical (unpaired) electrons. The number of rotatable bonds is 2. The van der Waals surface area contributed by atoms with Gasteiger partial charge in [0.2, 0.25) is 0 Å². The van der Waals surface area contributed by atoms with Gasteiger partial charge in [0.1, 0.15) is 11.5 Å². The number of fused-ring (bicyclic) bond motifs is 2. The van der Waals surface area contributed by atoms with Crippen LogP contribution in [0.4, 0.5) is 0 Å². The van der Waals surface area contributed by atoms with Crippen LogP contribution in [0.2, 0.25) is 0 Å². The van der Waals surface area contributed by atoms with Crippen LogP contribution in [0.5, 0.6) is 11.5 Å². The average molecular weight is 393 g/mol. The zero-order valence-corrected chi connectivity index (χ0v) is 19.0. The van der Waals surface area contributed by atoms with Crippen molar-refractivity contribution in [3.63, 3.8) is 0 Å². The third kappa shape index (κ3) is 3.45. The van der Waals surface area contributed by atoms with Gasteiger partial charge in [-0.25, -0.2) is 0 Å². The van der Waals surface area contributed by atoms with Gasteiger partial charge >= 0.3 is 0 Å². The van der Waals surface area contributed by atoms with E-state index in [0.717, 1.165) is 60.8 Å². The lowest BCUT2D eigenvalue weighted by atomic mass is 9.79. The van der Waals surface area contributed by atoms with E-state index in [2.05, 4.69) is 53.7 Å². The molecular weight excluding hydrogens is 356 g/mol. The molecule has 29 heavy (non-hydrogen) atoms. The summed E-state index contributed by atoms with van der Waals surface area (Å²) in [6.07, 6.45) is 7.20. The Morgan fingerprint density at radius 3 is 1.38 bits per heavy atom. The molecule has 0 heterocycles. The van der Waals surface area contributed by atoms with Crippen LogP contribution in [0.3, 0.4) is 0 Å². The minimum Gasteiger partial charge on any atom is -0.507 e. The van der Waals surface area contributed by atoms with E-state index < -0.39 is 0 Å². The molecule has 2 aromatic carbocycles. The van der Waals surface area contributed by atoms with Gasteiger partial charge in [-0.1, -0.05) is 53.7 Å². The summed E-state index contributed by atoms with van der Waals surface area (Å²) < 4.78 is 0. The summed E-state index contributed by atoms with van der Waals surface area (Å²) in [6.45, 7) is 13.0. The first kappa shape index (κ1) is 20.3. The maximum absolute atomic E-state index is 11.3. The normalized spacial score (nSPS) is 16.2. The molecule has 2 N–H and O–H groups in total. The number of aryl methyl sites for hydroxylation is 2. The van der Waals surface area contributed by atoms with Crippen LogP contribution in [-0.4, -0.2) is 10.2 Å². The first-order valence-corrected chi connectivity index (χ1v) is 11.2. The predicted octanol–water partition coefficient (Wildman–Crippen LogP) is 6.26. The first-order valence-electron chi connectivity index (χ1n) is 11.2. The fraction of sp³-hybridized carbons (Fsp3) is 0.556. The van der Waals surface area contributed by atoms with Crippen molar-refractivity contribution in [2.75, 3.05) is 0 Å². The molecule has 2 aromatic rings. The topological polar surface area (TPSA) is 40.5 Å². The maximum atomic E-state index is 11.3. The molecule has 0 spiro atoms. The molecule has 2 aliphatic rings. The maximum Gasteiger partial charge on any atom is 0.123 e. The van der Waals surface area contributed by atoms with Crippen LogP contribution >= 0.6 is 0 Å². The zero-order valence-electron chi connectivity index (χ0n) is 19.0. The van der Waals surface area contributed by atoms with Gasteiger partial charge in [0.15, 0.2) is 0 Å². The molecule has 0 saturated heterocycles. The second-order valence-electron chi connectivity index (χ2n) is 11.2. The highest BCUT2D eigenvalue weighted by atomic mass is 16.3. The Balaban J connectivity index is 1.92. The summed E-state index contributed by atoms with van der Waals surface area (Å²) >= 11 is 0. The van der Waals surface area contributed by atoms with Gasteiger partial charge < -0.3 is 10.2 Å². The lowest BCUT2D eigenvalue weighted by Crippen LogP contribution is -2.15. The number of hydrogen-bond acceptors (Lipinski definition) is 2. The van der Waals surface area contributed by atoms with Crippen LogP contribution < -0.4 is 0 Å². The molecule has 0 fully saturated rings. The summed E-state index contributed by atoms with van der Waals surface area (Å²) in [4.78, 5) is 0. The highest BCUT2D eigenvalue weighted by Crippen LogP contribution is 2.45. The van der Waals surface area contributed by atoms with E-state index in [9.17, 15) is 10.2 Å². The molecular formula is C27H36O2. The SMILES string of the molecule is CC(C)(C)c1cc2c(c(Cc3c(O)c(C(C)(C)C)cc4c3CCC4)c1O)CCC2. The molecule has 2 heteroatoms. The molecule has 2 nitrogen and oxygen atoms in total. The van der Waals surface area contributed by atoms with Gasteiger partial charge in [0.05, 0.1) is 0 Å². The van der Waals surface area contributed by atoms with Crippen molar-refractivity contribution in [1.29, 1.82) is 0 Å². The minimum absolute atomic E-state index is 0.103. The second kappa shape index (κ2) is 6.79. The molecule has 4 rings (SSSR count). The second-order valence-corrected chi connectivity index (χ2v) is 11.2. The molecule has 0 amide bonds. The molecule has 0 aromatic heterocycles. The zero-order chi connectivity index (χ0) is 21.1. The lowest BCUT2D eigenvalue weighted by molar-refractivity contribution is 0.434. The largest absolute Gasteiger partial charge is 0.507 e. The van der Waals surface area contributed by atoms with Gasteiger partial charge in [0.25, 0.3) is 0 Å². The van der Waals surface area contributed by atoms with E-state index in [0.29, 0.717) is 17.9 Å². The molecule has 2 aliphatic carbocycles. The van der Waals surface area contributed by atoms with Crippen LogP contribution in [0, 0.1) is 0 Å². The molecule has 0 atom stereocenters. The van der Waals surface area contributed by atoms with Crippen LogP contribution in [0.15, 0.2) is 12.1 Å². The van der Waals surface area contributed by atoms with E-state index >= 15 is 0 Å². The van der Waals surface area contributed by atoms with E-state index in [-0.39, 0.29) is 10.8 Å². The average Bonchev–Trinajstić information content (AvgIpc) is 3.25. The number of hydrogen-bond donors (Lipinski definition) is 2. The van der Waals surface area contributed by atoms with Crippen molar-refractivity contribution < 1.29 is 10.2 Å². The Kier molecular flexibility index (Phi) is 4.76. The van der Waals surface area contributed by atoms with E-state index in [1.807, 2.05) is 0 Å². The van der Waals surface area contributed by atoms with Crippen molar-refractivity contribution in [2.45, 2.75) is 97.3 Å². The predicted molar refractivity (Wildman–Crippen MR) is 120 cm³/mol. The summed E-state index contributed by atoms with van der Waals surface area (Å²) in [5.74, 6) is 0.899. The van der Waals surface area contributed by atoms with Gasteiger partial charge in [-0.15, -0.1) is 0 Å². The molecule has 0 aliphatic heterocycles. The number of aromatic hydroxyl groups is 2. The minimum atomic E-state index is -0.103. The van der Waals surface area contributed by atoms with Gasteiger partial charge in [-0.2, -0.15) is 0 Å². The monoisotopic (exact) mass is 392 g/mol. The Hall–Kier alpha value is -1.96. The summed E-state index contributed by atoms with van der Waals surface area (Å²) in [7, 11) is 0. The van der Waals surface area contributed by atoms with E-state index in [4.69, 9.17) is 0 Å². The van der Waals surface area contributed by atoms with Gasteiger partial charge in [-0.05, 0) is 82.7 Å². The third-order valence-electron chi connectivity index (χ3n) is 6.94. The summed E-state index contributed by atoms with van der Waals surface area (Å²) in [5.41, 5.74) is 9.41. The van der Waals surface area contributed by atoms with E-state index in [1.165, 1.54) is 22.3 Å². The smallest absolute Gasteiger partial charge is 0.123 e. The van der Waals surface area contributed by atoms with Gasteiger partial charge in [-0.3, -0.25) is 0 Å². The van der Waals surface area contributed by atoms with Crippen molar-refractivity contribution in [3.8, 4) is 11.5 Å². The Bertz CT molecular complexity index is 888. The summed E-state index contributed by atoms with van der Waals surface area (Å²) in [5, 5.41) is 22.7. The van der Waals surface area contributed by atoms with Crippen LogP contribution in [0.25, 0.3) is 0 Å². The Morgan fingerprint density at radius 2 is 1.03 bits per heavy atom. The molecule has 156 valence electrons. The summed E-state index contributed by atoms with van der Waals surface area (Å²) in [6, 6.07) is 4.47. The molecule has 0 bridgehead atoms. The van der Waals surface area contributed by atoms with Crippen molar-refractivity contribution in [3.05, 3.63) is 56.6 Å². The Labute approximate surface area is 176 Å². The lowest BCUT2D eigenvalue weighted by Gasteiger charge is -2.27. The Morgan fingerprint density at radius 1 is 0.655 bits per heavy atom. The molecule has 0 unspecified atom stereocenters. The van der Waals surface area contributed by atoms with Crippen molar-refractivity contribution in [2.24, 2.45) is 0 Å². The van der Waals surface area contributed by atoms with Crippen molar-refractivity contribution in [1.82, 2.24) is 0 Å².